The lowest BCUT2D eigenvalue weighted by Gasteiger charge is -2.16. The van der Waals surface area contributed by atoms with Crippen LogP contribution in [0.3, 0.4) is 0 Å². The highest BCUT2D eigenvalue weighted by Crippen LogP contribution is 2.20. The van der Waals surface area contributed by atoms with Crippen LogP contribution >= 0.6 is 0 Å². The van der Waals surface area contributed by atoms with Gasteiger partial charge in [0, 0.05) is 18.8 Å². The summed E-state index contributed by atoms with van der Waals surface area (Å²) < 4.78 is 12.8. The highest BCUT2D eigenvalue weighted by atomic mass is 19.1. The number of hydrogen-bond donors (Lipinski definition) is 0. The SMILES string of the molecule is F[C@H]1CCN(c2c[c]ccc2)C1. The van der Waals surface area contributed by atoms with Crippen LogP contribution in [0.4, 0.5) is 10.1 Å². The Morgan fingerprint density at radius 2 is 2.50 bits per heavy atom. The van der Waals surface area contributed by atoms with Gasteiger partial charge in [-0.05, 0) is 24.6 Å². The molecule has 0 aromatic heterocycles. The van der Waals surface area contributed by atoms with E-state index in [4.69, 9.17) is 0 Å². The van der Waals surface area contributed by atoms with E-state index in [1.54, 1.807) is 0 Å². The fraction of sp³-hybridized carbons (Fsp3) is 0.400. The zero-order chi connectivity index (χ0) is 8.39. The second-order valence-corrected chi connectivity index (χ2v) is 3.09. The van der Waals surface area contributed by atoms with Gasteiger partial charge in [-0.3, -0.25) is 0 Å². The van der Waals surface area contributed by atoms with Crippen molar-refractivity contribution in [2.24, 2.45) is 0 Å². The third kappa shape index (κ3) is 1.42. The summed E-state index contributed by atoms with van der Waals surface area (Å²) in [5.74, 6) is 0. The van der Waals surface area contributed by atoms with Crippen molar-refractivity contribution in [1.29, 1.82) is 0 Å². The molecule has 1 aliphatic heterocycles. The molecule has 0 saturated carbocycles. The molecule has 1 atom stereocenters. The lowest BCUT2D eigenvalue weighted by Crippen LogP contribution is -2.19. The Morgan fingerprint density at radius 1 is 1.58 bits per heavy atom. The maximum absolute atomic E-state index is 12.8. The predicted molar refractivity (Wildman–Crippen MR) is 47.0 cm³/mol. The van der Waals surface area contributed by atoms with Crippen LogP contribution in [0.25, 0.3) is 0 Å². The van der Waals surface area contributed by atoms with Crippen LogP contribution in [0.1, 0.15) is 6.42 Å². The van der Waals surface area contributed by atoms with Crippen molar-refractivity contribution >= 4 is 5.69 Å². The van der Waals surface area contributed by atoms with Gasteiger partial charge < -0.3 is 4.90 Å². The summed E-state index contributed by atoms with van der Waals surface area (Å²) >= 11 is 0. The topological polar surface area (TPSA) is 3.24 Å². The molecule has 1 heterocycles. The maximum Gasteiger partial charge on any atom is 0.119 e. The number of benzene rings is 1. The van der Waals surface area contributed by atoms with Crippen LogP contribution in [0.15, 0.2) is 24.3 Å². The molecule has 0 unspecified atom stereocenters. The van der Waals surface area contributed by atoms with Gasteiger partial charge in [-0.15, -0.1) is 0 Å². The normalized spacial score (nSPS) is 23.1. The fourth-order valence-corrected chi connectivity index (χ4v) is 1.53. The summed E-state index contributed by atoms with van der Waals surface area (Å²) in [4.78, 5) is 2.06. The highest BCUT2D eigenvalue weighted by molar-refractivity contribution is 5.46. The molecule has 1 fully saturated rings. The van der Waals surface area contributed by atoms with E-state index in [0.29, 0.717) is 13.0 Å². The predicted octanol–water partition coefficient (Wildman–Crippen LogP) is 2.03. The Hall–Kier alpha value is -1.05. The van der Waals surface area contributed by atoms with E-state index < -0.39 is 6.17 Å². The van der Waals surface area contributed by atoms with E-state index in [2.05, 4.69) is 11.0 Å². The minimum Gasteiger partial charge on any atom is -0.368 e. The molecule has 0 amide bonds. The molecule has 2 heteroatoms. The lowest BCUT2D eigenvalue weighted by molar-refractivity contribution is 0.364. The van der Waals surface area contributed by atoms with Crippen molar-refractivity contribution in [1.82, 2.24) is 0 Å². The van der Waals surface area contributed by atoms with Crippen LogP contribution in [0.2, 0.25) is 0 Å². The lowest BCUT2D eigenvalue weighted by atomic mass is 10.3. The van der Waals surface area contributed by atoms with Crippen molar-refractivity contribution in [2.45, 2.75) is 12.6 Å². The number of anilines is 1. The van der Waals surface area contributed by atoms with Crippen LogP contribution in [0, 0.1) is 6.07 Å². The van der Waals surface area contributed by atoms with Gasteiger partial charge in [-0.2, -0.15) is 0 Å². The molecule has 1 aromatic carbocycles. The monoisotopic (exact) mass is 164 g/mol. The Kier molecular flexibility index (Phi) is 1.98. The second-order valence-electron chi connectivity index (χ2n) is 3.09. The molecule has 1 saturated heterocycles. The fourth-order valence-electron chi connectivity index (χ4n) is 1.53. The number of halogens is 1. The summed E-state index contributed by atoms with van der Waals surface area (Å²) in [6.07, 6.45) is 0.0136. The standard InChI is InChI=1S/C10H11FN/c11-9-6-7-12(8-9)10-4-2-1-3-5-10/h1-2,4-5,9H,6-8H2/t9-/m0/s1. The third-order valence-electron chi connectivity index (χ3n) is 2.19. The van der Waals surface area contributed by atoms with Crippen LogP contribution < -0.4 is 4.90 Å². The molecule has 12 heavy (non-hydrogen) atoms. The number of alkyl halides is 1. The van der Waals surface area contributed by atoms with Crippen LogP contribution in [-0.4, -0.2) is 19.3 Å². The molecule has 1 aromatic rings. The van der Waals surface area contributed by atoms with Gasteiger partial charge in [-0.25, -0.2) is 4.39 Å². The smallest absolute Gasteiger partial charge is 0.119 e. The van der Waals surface area contributed by atoms with Crippen molar-refractivity contribution in [3.63, 3.8) is 0 Å². The van der Waals surface area contributed by atoms with E-state index in [-0.39, 0.29) is 0 Å². The minimum absolute atomic E-state index is 0.540. The first kappa shape index (κ1) is 7.59. The number of nitrogens with zero attached hydrogens (tertiary/aromatic N) is 1. The second kappa shape index (κ2) is 3.13. The number of rotatable bonds is 1. The van der Waals surface area contributed by atoms with E-state index in [0.717, 1.165) is 12.2 Å². The van der Waals surface area contributed by atoms with E-state index in [9.17, 15) is 4.39 Å². The summed E-state index contributed by atoms with van der Waals surface area (Å²) in [5.41, 5.74) is 1.08. The molecule has 1 aliphatic rings. The zero-order valence-electron chi connectivity index (χ0n) is 6.83. The first-order valence-corrected chi connectivity index (χ1v) is 4.21. The van der Waals surface area contributed by atoms with E-state index in [1.807, 2.05) is 24.3 Å². The molecule has 1 nitrogen and oxygen atoms in total. The average Bonchev–Trinajstić information content (AvgIpc) is 2.54. The van der Waals surface area contributed by atoms with Crippen LogP contribution in [-0.2, 0) is 0 Å². The maximum atomic E-state index is 12.8. The summed E-state index contributed by atoms with van der Waals surface area (Å²) in [7, 11) is 0. The van der Waals surface area contributed by atoms with Crippen LogP contribution in [0.5, 0.6) is 0 Å². The molecule has 2 rings (SSSR count). The highest BCUT2D eigenvalue weighted by Gasteiger charge is 2.21. The van der Waals surface area contributed by atoms with Gasteiger partial charge in [0.1, 0.15) is 6.17 Å². The molecule has 0 aliphatic carbocycles. The average molecular weight is 164 g/mol. The van der Waals surface area contributed by atoms with Crippen molar-refractivity contribution in [3.05, 3.63) is 30.3 Å². The largest absolute Gasteiger partial charge is 0.368 e. The quantitative estimate of drug-likeness (QED) is 0.614. The molecular formula is C10H11FN. The van der Waals surface area contributed by atoms with Gasteiger partial charge in [0.15, 0.2) is 0 Å². The van der Waals surface area contributed by atoms with Crippen molar-refractivity contribution in [2.75, 3.05) is 18.0 Å². The van der Waals surface area contributed by atoms with E-state index >= 15 is 0 Å². The molecule has 63 valence electrons. The van der Waals surface area contributed by atoms with Gasteiger partial charge in [0.05, 0.1) is 0 Å². The summed E-state index contributed by atoms with van der Waals surface area (Å²) in [6.45, 7) is 1.37. The molecule has 1 radical (unpaired) electrons. The Balaban J connectivity index is 2.11. The number of hydrogen-bond acceptors (Lipinski definition) is 1. The summed E-state index contributed by atoms with van der Waals surface area (Å²) in [6, 6.07) is 10.7. The Labute approximate surface area is 71.8 Å². The zero-order valence-corrected chi connectivity index (χ0v) is 6.83. The van der Waals surface area contributed by atoms with Gasteiger partial charge in [0.2, 0.25) is 0 Å². The molecule has 0 N–H and O–H groups in total. The van der Waals surface area contributed by atoms with Crippen molar-refractivity contribution in [3.8, 4) is 0 Å². The minimum atomic E-state index is -0.648. The van der Waals surface area contributed by atoms with Gasteiger partial charge >= 0.3 is 0 Å². The summed E-state index contributed by atoms with van der Waals surface area (Å²) in [5, 5.41) is 0. The molecular weight excluding hydrogens is 153 g/mol. The van der Waals surface area contributed by atoms with Gasteiger partial charge in [-0.1, -0.05) is 12.1 Å². The first-order chi connectivity index (χ1) is 5.86. The first-order valence-electron chi connectivity index (χ1n) is 4.21. The third-order valence-corrected chi connectivity index (χ3v) is 2.19. The van der Waals surface area contributed by atoms with Crippen molar-refractivity contribution < 1.29 is 4.39 Å². The molecule has 0 bridgehead atoms. The molecule has 0 spiro atoms. The van der Waals surface area contributed by atoms with Gasteiger partial charge in [0.25, 0.3) is 0 Å². The Bertz CT molecular complexity index is 247. The van der Waals surface area contributed by atoms with E-state index in [1.165, 1.54) is 0 Å². The Morgan fingerprint density at radius 3 is 3.08 bits per heavy atom.